The van der Waals surface area contributed by atoms with E-state index in [9.17, 15) is 9.90 Å². The van der Waals surface area contributed by atoms with E-state index < -0.39 is 0 Å². The van der Waals surface area contributed by atoms with Crippen molar-refractivity contribution in [1.29, 1.82) is 0 Å². The van der Waals surface area contributed by atoms with E-state index >= 15 is 0 Å². The first-order valence-electron chi connectivity index (χ1n) is 8.54. The third-order valence-corrected chi connectivity index (χ3v) is 4.57. The smallest absolute Gasteiger partial charge is 0.168 e. The molecule has 3 rings (SSSR count). The summed E-state index contributed by atoms with van der Waals surface area (Å²) in [4.78, 5) is 16.8. The highest BCUT2D eigenvalue weighted by molar-refractivity contribution is 6.30. The molecular weight excluding hydrogens is 350 g/mol. The summed E-state index contributed by atoms with van der Waals surface area (Å²) in [5, 5.41) is 11.0. The standard InChI is InChI=1S/C21H20ClNO3/c1-2-26-18-9-7-17(8-10-18)23-13-19-20(24)11-15(12-21(19)25)14-3-5-16(22)6-4-14/h3-10,13,15,24H,2,11-12H2,1H3. The average molecular weight is 370 g/mol. The number of halogens is 1. The lowest BCUT2D eigenvalue weighted by atomic mass is 9.83. The minimum atomic E-state index is -0.108. The molecule has 0 aromatic heterocycles. The average Bonchev–Trinajstić information content (AvgIpc) is 2.63. The minimum absolute atomic E-state index is 0.0395. The second kappa shape index (κ2) is 8.19. The van der Waals surface area contributed by atoms with Gasteiger partial charge in [0, 0.05) is 24.1 Å². The molecule has 0 saturated heterocycles. The molecule has 26 heavy (non-hydrogen) atoms. The van der Waals surface area contributed by atoms with Gasteiger partial charge >= 0.3 is 0 Å². The maximum absolute atomic E-state index is 12.5. The van der Waals surface area contributed by atoms with Crippen molar-refractivity contribution in [2.75, 3.05) is 6.61 Å². The van der Waals surface area contributed by atoms with E-state index in [4.69, 9.17) is 16.3 Å². The zero-order valence-corrected chi connectivity index (χ0v) is 15.2. The number of benzene rings is 2. The van der Waals surface area contributed by atoms with E-state index in [1.165, 1.54) is 6.21 Å². The van der Waals surface area contributed by atoms with Crippen molar-refractivity contribution in [1.82, 2.24) is 0 Å². The Morgan fingerprint density at radius 3 is 2.46 bits per heavy atom. The molecule has 5 heteroatoms. The normalized spacial score (nSPS) is 17.8. The first-order valence-corrected chi connectivity index (χ1v) is 8.92. The summed E-state index contributed by atoms with van der Waals surface area (Å²) in [5.41, 5.74) is 1.97. The summed E-state index contributed by atoms with van der Waals surface area (Å²) < 4.78 is 5.39. The molecule has 134 valence electrons. The largest absolute Gasteiger partial charge is 0.511 e. The zero-order chi connectivity index (χ0) is 18.5. The van der Waals surface area contributed by atoms with Crippen LogP contribution >= 0.6 is 11.6 Å². The molecular formula is C21H20ClNO3. The van der Waals surface area contributed by atoms with Crippen molar-refractivity contribution < 1.29 is 14.6 Å². The minimum Gasteiger partial charge on any atom is -0.511 e. The summed E-state index contributed by atoms with van der Waals surface area (Å²) >= 11 is 5.91. The zero-order valence-electron chi connectivity index (χ0n) is 14.5. The monoisotopic (exact) mass is 369 g/mol. The maximum atomic E-state index is 12.5. The molecule has 1 atom stereocenters. The molecule has 1 aliphatic rings. The Morgan fingerprint density at radius 1 is 1.15 bits per heavy atom. The first-order chi connectivity index (χ1) is 12.6. The van der Waals surface area contributed by atoms with Crippen LogP contribution in [0, 0.1) is 0 Å². The Morgan fingerprint density at radius 2 is 1.85 bits per heavy atom. The van der Waals surface area contributed by atoms with Crippen LogP contribution in [0.1, 0.15) is 31.2 Å². The van der Waals surface area contributed by atoms with Gasteiger partial charge in [-0.1, -0.05) is 23.7 Å². The quantitative estimate of drug-likeness (QED) is 0.718. The Kier molecular flexibility index (Phi) is 5.74. The fourth-order valence-corrected chi connectivity index (χ4v) is 3.09. The molecule has 1 unspecified atom stereocenters. The van der Waals surface area contributed by atoms with Crippen molar-refractivity contribution >= 4 is 29.3 Å². The molecule has 0 heterocycles. The van der Waals surface area contributed by atoms with Gasteiger partial charge in [0.15, 0.2) is 5.78 Å². The van der Waals surface area contributed by atoms with E-state index in [1.54, 1.807) is 12.1 Å². The topological polar surface area (TPSA) is 58.9 Å². The van der Waals surface area contributed by atoms with Gasteiger partial charge in [0.05, 0.1) is 17.9 Å². The molecule has 4 nitrogen and oxygen atoms in total. The van der Waals surface area contributed by atoms with Gasteiger partial charge in [-0.25, -0.2) is 0 Å². The Hall–Kier alpha value is -2.59. The molecule has 2 aromatic carbocycles. The van der Waals surface area contributed by atoms with E-state index in [-0.39, 0.29) is 23.0 Å². The van der Waals surface area contributed by atoms with Crippen LogP contribution in [-0.2, 0) is 4.79 Å². The summed E-state index contributed by atoms with van der Waals surface area (Å²) in [6, 6.07) is 14.6. The molecule has 2 aromatic rings. The highest BCUT2D eigenvalue weighted by atomic mass is 35.5. The molecule has 0 fully saturated rings. The van der Waals surface area contributed by atoms with Crippen LogP contribution in [0.3, 0.4) is 0 Å². The number of Topliss-reactive ketones (excluding diaryl/α,β-unsaturated/α-hetero) is 1. The number of hydrogen-bond donors (Lipinski definition) is 1. The Labute approximate surface area is 157 Å². The number of aliphatic imine (C=N–C) groups is 1. The molecule has 0 saturated carbocycles. The van der Waals surface area contributed by atoms with Crippen LogP contribution in [0.15, 0.2) is 64.9 Å². The van der Waals surface area contributed by atoms with Crippen molar-refractivity contribution in [3.05, 3.63) is 70.4 Å². The number of allylic oxidation sites excluding steroid dienone is 2. The number of carbonyl (C=O) groups is 1. The summed E-state index contributed by atoms with van der Waals surface area (Å²) in [7, 11) is 0. The lowest BCUT2D eigenvalue weighted by Crippen LogP contribution is -2.19. The van der Waals surface area contributed by atoms with Crippen LogP contribution in [-0.4, -0.2) is 23.7 Å². The van der Waals surface area contributed by atoms with Crippen molar-refractivity contribution in [3.63, 3.8) is 0 Å². The van der Waals surface area contributed by atoms with E-state index in [0.717, 1.165) is 11.3 Å². The van der Waals surface area contributed by atoms with Crippen LogP contribution in [0.4, 0.5) is 5.69 Å². The first kappa shape index (κ1) is 18.2. The van der Waals surface area contributed by atoms with Crippen LogP contribution in [0.5, 0.6) is 5.75 Å². The fraction of sp³-hybridized carbons (Fsp3) is 0.238. The third-order valence-electron chi connectivity index (χ3n) is 4.31. The second-order valence-electron chi connectivity index (χ2n) is 6.13. The van der Waals surface area contributed by atoms with Crippen molar-refractivity contribution in [2.24, 2.45) is 4.99 Å². The molecule has 1 N–H and O–H groups in total. The molecule has 0 aliphatic heterocycles. The lowest BCUT2D eigenvalue weighted by molar-refractivity contribution is -0.116. The molecule has 1 aliphatic carbocycles. The van der Waals surface area contributed by atoms with Crippen molar-refractivity contribution in [2.45, 2.75) is 25.7 Å². The highest BCUT2D eigenvalue weighted by Crippen LogP contribution is 2.33. The number of aliphatic hydroxyl groups is 1. The van der Waals surface area contributed by atoms with E-state index in [0.29, 0.717) is 30.2 Å². The molecule has 0 bridgehead atoms. The summed E-state index contributed by atoms with van der Waals surface area (Å²) in [6.45, 7) is 2.53. The highest BCUT2D eigenvalue weighted by Gasteiger charge is 2.27. The fourth-order valence-electron chi connectivity index (χ4n) is 2.96. The van der Waals surface area contributed by atoms with Gasteiger partial charge in [-0.05, 0) is 54.8 Å². The summed E-state index contributed by atoms with van der Waals surface area (Å²) in [6.07, 6.45) is 2.21. The van der Waals surface area contributed by atoms with Gasteiger partial charge in [-0.15, -0.1) is 0 Å². The predicted molar refractivity (Wildman–Crippen MR) is 104 cm³/mol. The molecule has 0 radical (unpaired) electrons. The maximum Gasteiger partial charge on any atom is 0.168 e. The second-order valence-corrected chi connectivity index (χ2v) is 6.56. The number of hydrogen-bond acceptors (Lipinski definition) is 4. The lowest BCUT2D eigenvalue weighted by Gasteiger charge is -2.22. The Bertz CT molecular complexity index is 839. The van der Waals surface area contributed by atoms with Gasteiger partial charge < -0.3 is 9.84 Å². The summed E-state index contributed by atoms with van der Waals surface area (Å²) in [5.74, 6) is 0.703. The van der Waals surface area contributed by atoms with Crippen LogP contribution in [0.2, 0.25) is 5.02 Å². The Balaban J connectivity index is 1.74. The number of carbonyl (C=O) groups excluding carboxylic acids is 1. The van der Waals surface area contributed by atoms with Gasteiger partial charge in [0.25, 0.3) is 0 Å². The predicted octanol–water partition coefficient (Wildman–Crippen LogP) is 5.40. The SMILES string of the molecule is CCOc1ccc(N=CC2=C(O)CC(c3ccc(Cl)cc3)CC2=O)cc1. The van der Waals surface area contributed by atoms with Crippen LogP contribution in [0.25, 0.3) is 0 Å². The van der Waals surface area contributed by atoms with Crippen LogP contribution < -0.4 is 4.74 Å². The number of ether oxygens (including phenoxy) is 1. The number of nitrogens with zero attached hydrogens (tertiary/aromatic N) is 1. The number of ketones is 1. The van der Waals surface area contributed by atoms with Gasteiger partial charge in [0.2, 0.25) is 0 Å². The van der Waals surface area contributed by atoms with Gasteiger partial charge in [-0.3, -0.25) is 9.79 Å². The van der Waals surface area contributed by atoms with E-state index in [2.05, 4.69) is 4.99 Å². The van der Waals surface area contributed by atoms with Gasteiger partial charge in [-0.2, -0.15) is 0 Å². The van der Waals surface area contributed by atoms with Gasteiger partial charge in [0.1, 0.15) is 11.5 Å². The number of aliphatic hydroxyl groups excluding tert-OH is 1. The van der Waals surface area contributed by atoms with Crippen molar-refractivity contribution in [3.8, 4) is 5.75 Å². The number of rotatable bonds is 5. The van der Waals surface area contributed by atoms with E-state index in [1.807, 2.05) is 43.3 Å². The molecule has 0 spiro atoms. The third kappa shape index (κ3) is 4.33. The molecule has 0 amide bonds.